The van der Waals surface area contributed by atoms with Crippen LogP contribution in [0.1, 0.15) is 0 Å². The van der Waals surface area contributed by atoms with Crippen molar-refractivity contribution in [2.75, 3.05) is 12.8 Å². The summed E-state index contributed by atoms with van der Waals surface area (Å²) < 4.78 is 10.5. The van der Waals surface area contributed by atoms with Gasteiger partial charge < -0.3 is 15.2 Å². The van der Waals surface area contributed by atoms with Gasteiger partial charge in [0.1, 0.15) is 11.5 Å². The molecule has 0 amide bonds. The standard InChI is InChI=1S/C11H11N3O2/c1-15-8-2-4-9(5-3-8)16-10-6-7-13-11(12)14-10/h2-7H,1H3,(H2,12,13,14). The van der Waals surface area contributed by atoms with Crippen LogP contribution < -0.4 is 15.2 Å². The van der Waals surface area contributed by atoms with Gasteiger partial charge in [-0.25, -0.2) is 4.98 Å². The number of hydrogen-bond donors (Lipinski definition) is 1. The molecule has 0 spiro atoms. The van der Waals surface area contributed by atoms with Gasteiger partial charge in [0.05, 0.1) is 7.11 Å². The highest BCUT2D eigenvalue weighted by Gasteiger charge is 1.99. The van der Waals surface area contributed by atoms with Crippen LogP contribution >= 0.6 is 0 Å². The van der Waals surface area contributed by atoms with Crippen LogP contribution in [0.4, 0.5) is 5.95 Å². The molecule has 0 unspecified atom stereocenters. The van der Waals surface area contributed by atoms with Gasteiger partial charge in [-0.1, -0.05) is 0 Å². The van der Waals surface area contributed by atoms with E-state index in [9.17, 15) is 0 Å². The van der Waals surface area contributed by atoms with Crippen molar-refractivity contribution in [3.63, 3.8) is 0 Å². The molecule has 0 aliphatic heterocycles. The zero-order valence-electron chi connectivity index (χ0n) is 8.75. The Hall–Kier alpha value is -2.30. The molecule has 2 N–H and O–H groups in total. The van der Waals surface area contributed by atoms with Gasteiger partial charge in [-0.15, -0.1) is 0 Å². The van der Waals surface area contributed by atoms with Gasteiger partial charge in [0.25, 0.3) is 0 Å². The number of aromatic nitrogens is 2. The largest absolute Gasteiger partial charge is 0.497 e. The summed E-state index contributed by atoms with van der Waals surface area (Å²) in [6, 6.07) is 8.83. The van der Waals surface area contributed by atoms with Crippen LogP contribution in [0.3, 0.4) is 0 Å². The number of benzene rings is 1. The minimum absolute atomic E-state index is 0.186. The van der Waals surface area contributed by atoms with E-state index in [4.69, 9.17) is 15.2 Å². The van der Waals surface area contributed by atoms with E-state index >= 15 is 0 Å². The summed E-state index contributed by atoms with van der Waals surface area (Å²) in [6.07, 6.45) is 1.54. The van der Waals surface area contributed by atoms with Crippen molar-refractivity contribution in [1.82, 2.24) is 9.97 Å². The zero-order chi connectivity index (χ0) is 11.4. The van der Waals surface area contributed by atoms with E-state index in [1.165, 1.54) is 0 Å². The second-order valence-corrected chi connectivity index (χ2v) is 3.03. The molecule has 82 valence electrons. The van der Waals surface area contributed by atoms with Crippen molar-refractivity contribution in [1.29, 1.82) is 0 Å². The predicted octanol–water partition coefficient (Wildman–Crippen LogP) is 1.86. The van der Waals surface area contributed by atoms with Crippen LogP contribution in [0.25, 0.3) is 0 Å². The third kappa shape index (κ3) is 2.38. The molecule has 5 heteroatoms. The van der Waals surface area contributed by atoms with E-state index in [2.05, 4.69) is 9.97 Å². The van der Waals surface area contributed by atoms with Crippen molar-refractivity contribution in [2.45, 2.75) is 0 Å². The van der Waals surface area contributed by atoms with Crippen LogP contribution in [-0.4, -0.2) is 17.1 Å². The summed E-state index contributed by atoms with van der Waals surface area (Å²) in [5.41, 5.74) is 5.44. The molecular formula is C11H11N3O2. The van der Waals surface area contributed by atoms with Crippen LogP contribution in [0.15, 0.2) is 36.5 Å². The number of methoxy groups -OCH3 is 1. The molecule has 1 heterocycles. The third-order valence-corrected chi connectivity index (χ3v) is 1.93. The lowest BCUT2D eigenvalue weighted by molar-refractivity contribution is 0.412. The molecule has 5 nitrogen and oxygen atoms in total. The highest BCUT2D eigenvalue weighted by molar-refractivity contribution is 5.34. The number of hydrogen-bond acceptors (Lipinski definition) is 5. The highest BCUT2D eigenvalue weighted by Crippen LogP contribution is 2.22. The van der Waals surface area contributed by atoms with Crippen LogP contribution in [0, 0.1) is 0 Å². The van der Waals surface area contributed by atoms with Gasteiger partial charge in [0.15, 0.2) is 0 Å². The minimum Gasteiger partial charge on any atom is -0.497 e. The number of nitrogens with zero attached hydrogens (tertiary/aromatic N) is 2. The molecule has 1 aromatic heterocycles. The molecule has 0 atom stereocenters. The Kier molecular flexibility index (Phi) is 2.86. The summed E-state index contributed by atoms with van der Waals surface area (Å²) in [7, 11) is 1.61. The summed E-state index contributed by atoms with van der Waals surface area (Å²) >= 11 is 0. The van der Waals surface area contributed by atoms with Crippen molar-refractivity contribution in [2.24, 2.45) is 0 Å². The van der Waals surface area contributed by atoms with Crippen LogP contribution in [-0.2, 0) is 0 Å². The fourth-order valence-electron chi connectivity index (χ4n) is 1.18. The first-order valence-electron chi connectivity index (χ1n) is 4.68. The fraction of sp³-hybridized carbons (Fsp3) is 0.0909. The maximum atomic E-state index is 5.47. The molecule has 16 heavy (non-hydrogen) atoms. The first kappa shape index (κ1) is 10.2. The topological polar surface area (TPSA) is 70.3 Å². The van der Waals surface area contributed by atoms with E-state index in [0.717, 1.165) is 5.75 Å². The SMILES string of the molecule is COc1ccc(Oc2ccnc(N)n2)cc1. The molecule has 0 bridgehead atoms. The molecule has 0 saturated carbocycles. The monoisotopic (exact) mass is 217 g/mol. The normalized spacial score (nSPS) is 9.81. The Labute approximate surface area is 92.9 Å². The maximum Gasteiger partial charge on any atom is 0.224 e. The van der Waals surface area contributed by atoms with Crippen molar-refractivity contribution >= 4 is 5.95 Å². The summed E-state index contributed by atoms with van der Waals surface area (Å²) in [6.45, 7) is 0. The van der Waals surface area contributed by atoms with E-state index in [0.29, 0.717) is 11.6 Å². The van der Waals surface area contributed by atoms with Gasteiger partial charge in [-0.3, -0.25) is 0 Å². The molecule has 0 saturated heterocycles. The predicted molar refractivity (Wildman–Crippen MR) is 59.5 cm³/mol. The molecular weight excluding hydrogens is 206 g/mol. The second kappa shape index (κ2) is 4.48. The quantitative estimate of drug-likeness (QED) is 0.849. The Morgan fingerprint density at radius 2 is 1.75 bits per heavy atom. The number of rotatable bonds is 3. The van der Waals surface area contributed by atoms with Crippen LogP contribution in [0.5, 0.6) is 17.4 Å². The van der Waals surface area contributed by atoms with Gasteiger partial charge in [-0.05, 0) is 24.3 Å². The molecule has 0 radical (unpaired) electrons. The van der Waals surface area contributed by atoms with E-state index in [1.54, 1.807) is 43.6 Å². The van der Waals surface area contributed by atoms with Gasteiger partial charge in [0, 0.05) is 12.3 Å². The Morgan fingerprint density at radius 3 is 2.38 bits per heavy atom. The average Bonchev–Trinajstić information content (AvgIpc) is 2.30. The lowest BCUT2D eigenvalue weighted by atomic mass is 10.3. The van der Waals surface area contributed by atoms with Crippen LogP contribution in [0.2, 0.25) is 0 Å². The molecule has 2 rings (SSSR count). The molecule has 0 aliphatic rings. The van der Waals surface area contributed by atoms with Gasteiger partial charge in [0.2, 0.25) is 11.8 Å². The van der Waals surface area contributed by atoms with E-state index in [1.807, 2.05) is 0 Å². The molecule has 0 fully saturated rings. The first-order chi connectivity index (χ1) is 7.78. The van der Waals surface area contributed by atoms with Gasteiger partial charge >= 0.3 is 0 Å². The minimum atomic E-state index is 0.186. The second-order valence-electron chi connectivity index (χ2n) is 3.03. The smallest absolute Gasteiger partial charge is 0.224 e. The average molecular weight is 217 g/mol. The molecule has 2 aromatic rings. The molecule has 1 aromatic carbocycles. The zero-order valence-corrected chi connectivity index (χ0v) is 8.75. The number of anilines is 1. The number of nitrogens with two attached hydrogens (primary N) is 1. The fourth-order valence-corrected chi connectivity index (χ4v) is 1.18. The Balaban J connectivity index is 2.14. The highest BCUT2D eigenvalue weighted by atomic mass is 16.5. The van der Waals surface area contributed by atoms with Crippen molar-refractivity contribution < 1.29 is 9.47 Å². The lowest BCUT2D eigenvalue weighted by Gasteiger charge is -2.05. The van der Waals surface area contributed by atoms with Crippen molar-refractivity contribution in [3.8, 4) is 17.4 Å². The summed E-state index contributed by atoms with van der Waals surface area (Å²) in [5, 5.41) is 0. The lowest BCUT2D eigenvalue weighted by Crippen LogP contribution is -1.95. The van der Waals surface area contributed by atoms with E-state index < -0.39 is 0 Å². The maximum absolute atomic E-state index is 5.47. The van der Waals surface area contributed by atoms with Crippen molar-refractivity contribution in [3.05, 3.63) is 36.5 Å². The summed E-state index contributed by atoms with van der Waals surface area (Å²) in [4.78, 5) is 7.70. The molecule has 0 aliphatic carbocycles. The number of nitrogen functional groups attached to an aromatic ring is 1. The third-order valence-electron chi connectivity index (χ3n) is 1.93. The Bertz CT molecular complexity index is 471. The van der Waals surface area contributed by atoms with E-state index in [-0.39, 0.29) is 5.95 Å². The van der Waals surface area contributed by atoms with Gasteiger partial charge in [-0.2, -0.15) is 4.98 Å². The summed E-state index contributed by atoms with van der Waals surface area (Å²) in [5.74, 6) is 2.04. The Morgan fingerprint density at radius 1 is 1.06 bits per heavy atom. The first-order valence-corrected chi connectivity index (χ1v) is 4.68. The number of ether oxygens (including phenoxy) is 2.